The number of thiophene rings is 2. The summed E-state index contributed by atoms with van der Waals surface area (Å²) < 4.78 is 0. The first-order valence-corrected chi connectivity index (χ1v) is 9.60. The highest BCUT2D eigenvalue weighted by Gasteiger charge is 2.01. The van der Waals surface area contributed by atoms with Crippen LogP contribution in [0.2, 0.25) is 0 Å². The number of hydrogen-bond acceptors (Lipinski definition) is 4. The number of hydrogen-bond donors (Lipinski definition) is 2. The first-order valence-electron chi connectivity index (χ1n) is 7.84. The molecule has 0 saturated carbocycles. The molecule has 0 fully saturated rings. The van der Waals surface area contributed by atoms with Gasteiger partial charge in [-0.05, 0) is 59.3 Å². The van der Waals surface area contributed by atoms with Crippen LogP contribution in [0, 0.1) is 0 Å². The van der Waals surface area contributed by atoms with Gasteiger partial charge >= 0.3 is 0 Å². The quantitative estimate of drug-likeness (QED) is 0.584. The first kappa shape index (κ1) is 17.8. The minimum Gasteiger partial charge on any atom is -0.323 e. The molecular formula is C20H16N2O2S2. The monoisotopic (exact) mass is 380 g/mol. The smallest absolute Gasteiger partial charge is 0.248 e. The van der Waals surface area contributed by atoms with E-state index in [0.717, 1.165) is 9.75 Å². The van der Waals surface area contributed by atoms with Crippen LogP contribution in [-0.2, 0) is 9.59 Å². The van der Waals surface area contributed by atoms with Crippen molar-refractivity contribution in [2.75, 3.05) is 10.6 Å². The first-order chi connectivity index (χ1) is 12.7. The van der Waals surface area contributed by atoms with Crippen LogP contribution < -0.4 is 10.6 Å². The Labute approximate surface area is 159 Å². The molecular weight excluding hydrogens is 364 g/mol. The number of carbonyl (C=O) groups excluding carboxylic acids is 2. The van der Waals surface area contributed by atoms with Gasteiger partial charge in [0.05, 0.1) is 0 Å². The van der Waals surface area contributed by atoms with E-state index in [1.807, 2.05) is 35.0 Å². The summed E-state index contributed by atoms with van der Waals surface area (Å²) in [6, 6.07) is 14.7. The highest BCUT2D eigenvalue weighted by Crippen LogP contribution is 2.15. The Morgan fingerprint density at radius 1 is 0.692 bits per heavy atom. The maximum atomic E-state index is 11.9. The Hall–Kier alpha value is -2.96. The molecule has 0 saturated heterocycles. The zero-order chi connectivity index (χ0) is 18.2. The van der Waals surface area contributed by atoms with Gasteiger partial charge < -0.3 is 10.6 Å². The second-order valence-corrected chi connectivity index (χ2v) is 7.21. The molecule has 0 aliphatic carbocycles. The van der Waals surface area contributed by atoms with E-state index in [1.54, 1.807) is 59.1 Å². The van der Waals surface area contributed by atoms with Crippen molar-refractivity contribution in [3.63, 3.8) is 0 Å². The van der Waals surface area contributed by atoms with E-state index < -0.39 is 0 Å². The standard InChI is InChI=1S/C20H16N2O2S2/c23-19(11-9-17-3-1-13-25-17)21-15-5-7-16(8-6-15)22-20(24)12-10-18-4-2-14-26-18/h1-14H,(H,21,23)(H,22,24). The van der Waals surface area contributed by atoms with Crippen molar-refractivity contribution in [3.8, 4) is 0 Å². The average Bonchev–Trinajstić information content (AvgIpc) is 3.34. The minimum absolute atomic E-state index is 0.200. The maximum absolute atomic E-state index is 11.9. The molecule has 0 radical (unpaired) electrons. The lowest BCUT2D eigenvalue weighted by Crippen LogP contribution is -2.09. The van der Waals surface area contributed by atoms with Crippen molar-refractivity contribution in [3.05, 3.63) is 81.2 Å². The van der Waals surface area contributed by atoms with Crippen LogP contribution >= 0.6 is 22.7 Å². The van der Waals surface area contributed by atoms with Crippen molar-refractivity contribution in [1.29, 1.82) is 0 Å². The maximum Gasteiger partial charge on any atom is 0.248 e. The van der Waals surface area contributed by atoms with Gasteiger partial charge in [0, 0.05) is 33.3 Å². The van der Waals surface area contributed by atoms with Gasteiger partial charge in [-0.15, -0.1) is 22.7 Å². The molecule has 0 atom stereocenters. The molecule has 0 spiro atoms. The normalized spacial score (nSPS) is 11.1. The zero-order valence-electron chi connectivity index (χ0n) is 13.7. The van der Waals surface area contributed by atoms with Crippen LogP contribution in [0.15, 0.2) is 71.4 Å². The summed E-state index contributed by atoms with van der Waals surface area (Å²) in [6.45, 7) is 0. The van der Waals surface area contributed by atoms with E-state index in [1.165, 1.54) is 12.2 Å². The lowest BCUT2D eigenvalue weighted by atomic mass is 10.2. The van der Waals surface area contributed by atoms with Crippen molar-refractivity contribution >= 4 is 58.0 Å². The van der Waals surface area contributed by atoms with Crippen LogP contribution in [0.5, 0.6) is 0 Å². The highest BCUT2D eigenvalue weighted by molar-refractivity contribution is 7.11. The second-order valence-electron chi connectivity index (χ2n) is 5.25. The third kappa shape index (κ3) is 5.54. The molecule has 2 N–H and O–H groups in total. The molecule has 0 unspecified atom stereocenters. The molecule has 2 amide bonds. The lowest BCUT2D eigenvalue weighted by molar-refractivity contribution is -0.112. The van der Waals surface area contributed by atoms with Gasteiger partial charge in [-0.3, -0.25) is 9.59 Å². The van der Waals surface area contributed by atoms with Gasteiger partial charge in [-0.25, -0.2) is 0 Å². The molecule has 6 heteroatoms. The highest BCUT2D eigenvalue weighted by atomic mass is 32.1. The molecule has 0 bridgehead atoms. The summed E-state index contributed by atoms with van der Waals surface area (Å²) in [6.07, 6.45) is 6.54. The molecule has 26 heavy (non-hydrogen) atoms. The number of rotatable bonds is 6. The van der Waals surface area contributed by atoms with Gasteiger partial charge in [0.15, 0.2) is 0 Å². The fourth-order valence-corrected chi connectivity index (χ4v) is 3.33. The predicted molar refractivity (Wildman–Crippen MR) is 110 cm³/mol. The zero-order valence-corrected chi connectivity index (χ0v) is 15.3. The van der Waals surface area contributed by atoms with Gasteiger partial charge in [-0.2, -0.15) is 0 Å². The molecule has 0 aliphatic heterocycles. The largest absolute Gasteiger partial charge is 0.323 e. The number of anilines is 2. The van der Waals surface area contributed by atoms with E-state index in [9.17, 15) is 9.59 Å². The Morgan fingerprint density at radius 2 is 1.12 bits per heavy atom. The van der Waals surface area contributed by atoms with Crippen molar-refractivity contribution in [2.45, 2.75) is 0 Å². The SMILES string of the molecule is O=C(C=Cc1cccs1)Nc1ccc(NC(=O)C=Cc2cccs2)cc1. The van der Waals surface area contributed by atoms with E-state index >= 15 is 0 Å². The van der Waals surface area contributed by atoms with E-state index in [4.69, 9.17) is 0 Å². The van der Waals surface area contributed by atoms with Crippen LogP contribution in [0.1, 0.15) is 9.75 Å². The Balaban J connectivity index is 1.51. The molecule has 4 nitrogen and oxygen atoms in total. The molecule has 3 rings (SSSR count). The molecule has 1 aromatic carbocycles. The van der Waals surface area contributed by atoms with Gasteiger partial charge in [-0.1, -0.05) is 12.1 Å². The molecule has 0 aliphatic rings. The second kappa shape index (κ2) is 8.94. The molecule has 2 aromatic heterocycles. The number of benzene rings is 1. The third-order valence-electron chi connectivity index (χ3n) is 3.30. The molecule has 130 valence electrons. The van der Waals surface area contributed by atoms with E-state index in [2.05, 4.69) is 10.6 Å². The Bertz CT molecular complexity index is 832. The minimum atomic E-state index is -0.200. The summed E-state index contributed by atoms with van der Waals surface area (Å²) in [5.41, 5.74) is 1.33. The average molecular weight is 380 g/mol. The predicted octanol–water partition coefficient (Wildman–Crippen LogP) is 5.11. The summed E-state index contributed by atoms with van der Waals surface area (Å²) in [5, 5.41) is 9.48. The topological polar surface area (TPSA) is 58.2 Å². The third-order valence-corrected chi connectivity index (χ3v) is 4.98. The summed E-state index contributed by atoms with van der Waals surface area (Å²) in [7, 11) is 0. The number of carbonyl (C=O) groups is 2. The van der Waals surface area contributed by atoms with Crippen LogP contribution in [0.4, 0.5) is 11.4 Å². The summed E-state index contributed by atoms with van der Waals surface area (Å²) in [4.78, 5) is 25.8. The summed E-state index contributed by atoms with van der Waals surface area (Å²) >= 11 is 3.14. The number of nitrogens with one attached hydrogen (secondary N) is 2. The molecule has 2 heterocycles. The number of amides is 2. The Kier molecular flexibility index (Phi) is 6.14. The lowest BCUT2D eigenvalue weighted by Gasteiger charge is -2.05. The van der Waals surface area contributed by atoms with Crippen molar-refractivity contribution in [2.24, 2.45) is 0 Å². The van der Waals surface area contributed by atoms with Crippen molar-refractivity contribution in [1.82, 2.24) is 0 Å². The molecule has 3 aromatic rings. The van der Waals surface area contributed by atoms with Crippen LogP contribution in [-0.4, -0.2) is 11.8 Å². The van der Waals surface area contributed by atoms with E-state index in [0.29, 0.717) is 11.4 Å². The van der Waals surface area contributed by atoms with E-state index in [-0.39, 0.29) is 11.8 Å². The van der Waals surface area contributed by atoms with Crippen LogP contribution in [0.3, 0.4) is 0 Å². The van der Waals surface area contributed by atoms with Gasteiger partial charge in [0.25, 0.3) is 0 Å². The summed E-state index contributed by atoms with van der Waals surface area (Å²) in [5.74, 6) is -0.400. The fraction of sp³-hybridized carbons (Fsp3) is 0. The van der Waals surface area contributed by atoms with Crippen molar-refractivity contribution < 1.29 is 9.59 Å². The van der Waals surface area contributed by atoms with Gasteiger partial charge in [0.2, 0.25) is 11.8 Å². The van der Waals surface area contributed by atoms with Crippen LogP contribution in [0.25, 0.3) is 12.2 Å². The Morgan fingerprint density at radius 3 is 1.46 bits per heavy atom. The van der Waals surface area contributed by atoms with Gasteiger partial charge in [0.1, 0.15) is 0 Å². The fourth-order valence-electron chi connectivity index (χ4n) is 2.09.